The molecule has 1 heterocycles. The highest BCUT2D eigenvalue weighted by atomic mass is 31.2. The lowest BCUT2D eigenvalue weighted by molar-refractivity contribution is -0.166. The minimum atomic E-state index is -5.01. The lowest BCUT2D eigenvalue weighted by Crippen LogP contribution is -2.28. The molecule has 0 radical (unpaired) electrons. The molecule has 0 spiro atoms. The van der Waals surface area contributed by atoms with E-state index in [9.17, 15) is 44.9 Å². The smallest absolute Gasteiger partial charge is 0.412 e. The summed E-state index contributed by atoms with van der Waals surface area (Å²) in [5.74, 6) is -1.89. The molecule has 0 aliphatic heterocycles. The summed E-state index contributed by atoms with van der Waals surface area (Å²) in [4.78, 5) is 26.6. The Labute approximate surface area is 181 Å². The maximum Gasteiger partial charge on any atom is 0.412 e. The molecule has 0 aromatic carbocycles. The Hall–Kier alpha value is -2.23. The molecule has 0 atom stereocenters. The van der Waals surface area contributed by atoms with Gasteiger partial charge in [-0.05, 0) is 6.42 Å². The van der Waals surface area contributed by atoms with Crippen molar-refractivity contribution in [2.75, 3.05) is 38.1 Å². The van der Waals surface area contributed by atoms with Crippen LogP contribution in [0, 0.1) is 5.82 Å². The van der Waals surface area contributed by atoms with E-state index in [1.165, 1.54) is 0 Å². The Balaban J connectivity index is 2.71. The first-order chi connectivity index (χ1) is 15.1. The van der Waals surface area contributed by atoms with Crippen molar-refractivity contribution in [1.82, 2.24) is 9.55 Å². The summed E-state index contributed by atoms with van der Waals surface area (Å²) in [5.41, 5.74) is -1.09. The van der Waals surface area contributed by atoms with Gasteiger partial charge in [-0.1, -0.05) is 6.92 Å². The van der Waals surface area contributed by atoms with Crippen molar-refractivity contribution in [3.8, 4) is 0 Å². The maximum atomic E-state index is 14.0. The molecule has 0 saturated carbocycles. The van der Waals surface area contributed by atoms with Crippen molar-refractivity contribution >= 4 is 19.5 Å². The summed E-state index contributed by atoms with van der Waals surface area (Å²) in [6.07, 6.45) is -11.3. The molecule has 33 heavy (non-hydrogen) atoms. The van der Waals surface area contributed by atoms with Crippen LogP contribution < -0.4 is 11.0 Å². The van der Waals surface area contributed by atoms with E-state index in [0.717, 1.165) is 0 Å². The number of hydrogen-bond acceptors (Lipinski definition) is 8. The molecular weight excluding hydrogens is 498 g/mol. The average Bonchev–Trinajstić information content (AvgIpc) is 2.69. The lowest BCUT2D eigenvalue weighted by Gasteiger charge is -2.20. The van der Waals surface area contributed by atoms with Crippen LogP contribution in [0.5, 0.6) is 0 Å². The predicted molar refractivity (Wildman–Crippen MR) is 96.2 cm³/mol. The Morgan fingerprint density at radius 1 is 1.12 bits per heavy atom. The van der Waals surface area contributed by atoms with E-state index in [0.29, 0.717) is 17.2 Å². The highest BCUT2D eigenvalue weighted by molar-refractivity contribution is 7.53. The first-order valence-corrected chi connectivity index (χ1v) is 10.7. The number of alkyl halides is 6. The number of carbonyl (C=O) groups is 1. The zero-order chi connectivity index (χ0) is 25.3. The van der Waals surface area contributed by atoms with Gasteiger partial charge < -0.3 is 9.47 Å². The van der Waals surface area contributed by atoms with Gasteiger partial charge >= 0.3 is 31.7 Å². The van der Waals surface area contributed by atoms with Crippen LogP contribution in [0.25, 0.3) is 0 Å². The maximum absolute atomic E-state index is 14.0. The minimum Gasteiger partial charge on any atom is -0.449 e. The minimum absolute atomic E-state index is 0.0328. The number of ether oxygens (including phenoxy) is 2. The molecule has 10 nitrogen and oxygen atoms in total. The quantitative estimate of drug-likeness (QED) is 0.254. The highest BCUT2D eigenvalue weighted by Crippen LogP contribution is 2.50. The van der Waals surface area contributed by atoms with E-state index in [1.54, 1.807) is 6.92 Å². The Morgan fingerprint density at radius 2 is 1.70 bits per heavy atom. The van der Waals surface area contributed by atoms with Crippen LogP contribution in [0.1, 0.15) is 13.3 Å². The van der Waals surface area contributed by atoms with E-state index in [-0.39, 0.29) is 6.61 Å². The highest BCUT2D eigenvalue weighted by Gasteiger charge is 2.38. The van der Waals surface area contributed by atoms with Crippen LogP contribution in [0.15, 0.2) is 11.0 Å². The van der Waals surface area contributed by atoms with Crippen molar-refractivity contribution in [2.45, 2.75) is 32.2 Å². The van der Waals surface area contributed by atoms with Gasteiger partial charge in [-0.2, -0.15) is 31.3 Å². The number of carbonyl (C=O) groups excluding carboxylic acids is 1. The fourth-order valence-electron chi connectivity index (χ4n) is 1.84. The van der Waals surface area contributed by atoms with Crippen molar-refractivity contribution in [2.24, 2.45) is 0 Å². The zero-order valence-electron chi connectivity index (χ0n) is 16.9. The standard InChI is InChI=1S/C15H19F7N3O7P/c1-2-4-30-13(27)24-11-10(16)6-25(12(26)23-11)3-5-29-9-33(28,31-7-14(17,18)19)32-8-15(20,21)22/h6H,2-5,7-9H2,1H3,(H,23,24,26,27). The Kier molecular flexibility index (Phi) is 10.7. The van der Waals surface area contributed by atoms with Gasteiger partial charge in [-0.25, -0.2) is 14.0 Å². The normalized spacial score (nSPS) is 12.6. The van der Waals surface area contributed by atoms with E-state index in [1.807, 2.05) is 5.32 Å². The number of nitrogens with one attached hydrogen (secondary N) is 1. The van der Waals surface area contributed by atoms with Gasteiger partial charge in [0.1, 0.15) is 6.35 Å². The fraction of sp³-hybridized carbons (Fsp3) is 0.667. The van der Waals surface area contributed by atoms with Crippen LogP contribution in [0.3, 0.4) is 0 Å². The number of halogens is 7. The Bertz CT molecular complexity index is 870. The van der Waals surface area contributed by atoms with Crippen molar-refractivity contribution in [1.29, 1.82) is 0 Å². The lowest BCUT2D eigenvalue weighted by atomic mass is 10.5. The second kappa shape index (κ2) is 12.3. The molecule has 1 aromatic heterocycles. The van der Waals surface area contributed by atoms with E-state index < -0.39 is 76.1 Å². The molecule has 1 rings (SSSR count). The molecule has 1 aromatic rings. The third-order valence-electron chi connectivity index (χ3n) is 3.18. The van der Waals surface area contributed by atoms with E-state index in [2.05, 4.69) is 18.8 Å². The van der Waals surface area contributed by atoms with Crippen molar-refractivity contribution in [3.05, 3.63) is 22.5 Å². The summed E-state index contributed by atoms with van der Waals surface area (Å²) in [6, 6.07) is 0. The molecule has 1 N–H and O–H groups in total. The number of anilines is 1. The molecular formula is C15H19F7N3O7P. The monoisotopic (exact) mass is 517 g/mol. The van der Waals surface area contributed by atoms with Gasteiger partial charge in [0.2, 0.25) is 0 Å². The summed E-state index contributed by atoms with van der Waals surface area (Å²) < 4.78 is 117. The van der Waals surface area contributed by atoms with Gasteiger partial charge in [0.05, 0.1) is 19.8 Å². The van der Waals surface area contributed by atoms with E-state index in [4.69, 9.17) is 4.74 Å². The zero-order valence-corrected chi connectivity index (χ0v) is 17.8. The molecule has 0 fully saturated rings. The number of rotatable bonds is 12. The van der Waals surface area contributed by atoms with Crippen LogP contribution in [0.2, 0.25) is 0 Å². The third kappa shape index (κ3) is 12.0. The van der Waals surface area contributed by atoms with Crippen LogP contribution in [-0.2, 0) is 29.6 Å². The molecule has 0 aliphatic carbocycles. The molecule has 0 saturated heterocycles. The summed E-state index contributed by atoms with van der Waals surface area (Å²) in [7, 11) is -4.99. The van der Waals surface area contributed by atoms with Gasteiger partial charge in [-0.3, -0.25) is 23.5 Å². The number of aromatic nitrogens is 2. The molecule has 0 aliphatic rings. The topological polar surface area (TPSA) is 118 Å². The molecule has 190 valence electrons. The van der Waals surface area contributed by atoms with Crippen molar-refractivity contribution < 1.29 is 58.6 Å². The fourth-order valence-corrected chi connectivity index (χ4v) is 3.10. The summed E-state index contributed by atoms with van der Waals surface area (Å²) >= 11 is 0. The second-order valence-electron chi connectivity index (χ2n) is 6.10. The van der Waals surface area contributed by atoms with Crippen molar-refractivity contribution in [3.63, 3.8) is 0 Å². The second-order valence-corrected chi connectivity index (χ2v) is 8.10. The van der Waals surface area contributed by atoms with Crippen LogP contribution in [-0.4, -0.2) is 60.8 Å². The van der Waals surface area contributed by atoms with Gasteiger partial charge in [0.15, 0.2) is 24.8 Å². The SMILES string of the molecule is CCCOC(=O)Nc1nc(=O)n(CCOCP(=O)(OCC(F)(F)F)OCC(F)(F)F)cc1F. The Morgan fingerprint density at radius 3 is 2.21 bits per heavy atom. The summed E-state index contributed by atoms with van der Waals surface area (Å²) in [6.45, 7) is -3.70. The molecule has 0 unspecified atom stereocenters. The number of nitrogens with zero attached hydrogens (tertiary/aromatic N) is 2. The average molecular weight is 517 g/mol. The third-order valence-corrected chi connectivity index (χ3v) is 4.73. The van der Waals surface area contributed by atoms with Gasteiger partial charge in [0, 0.05) is 6.20 Å². The first-order valence-electron chi connectivity index (χ1n) is 8.94. The molecule has 18 heteroatoms. The van der Waals surface area contributed by atoms with Gasteiger partial charge in [-0.15, -0.1) is 0 Å². The van der Waals surface area contributed by atoms with Crippen LogP contribution >= 0.6 is 7.60 Å². The number of hydrogen-bond donors (Lipinski definition) is 1. The summed E-state index contributed by atoms with van der Waals surface area (Å²) in [5, 5.41) is 1.91. The van der Waals surface area contributed by atoms with E-state index >= 15 is 0 Å². The van der Waals surface area contributed by atoms with Gasteiger partial charge in [0.25, 0.3) is 0 Å². The first kappa shape index (κ1) is 28.8. The molecule has 1 amide bonds. The predicted octanol–water partition coefficient (Wildman–Crippen LogP) is 3.67. The number of amides is 1. The molecule has 0 bridgehead atoms. The van der Waals surface area contributed by atoms with Crippen LogP contribution in [0.4, 0.5) is 41.3 Å². The largest absolute Gasteiger partial charge is 0.449 e.